The molecule has 2 aliphatic heterocycles. The summed E-state index contributed by atoms with van der Waals surface area (Å²) in [5, 5.41) is 4.95. The average molecular weight is 477 g/mol. The molecule has 1 aromatic carbocycles. The number of halogens is 2. The fourth-order valence-corrected chi connectivity index (χ4v) is 5.30. The van der Waals surface area contributed by atoms with Gasteiger partial charge in [-0.2, -0.15) is 0 Å². The molecule has 1 N–H and O–H groups in total. The number of carbonyl (C=O) groups is 2. The molecule has 33 heavy (non-hydrogen) atoms. The standard InChI is InChI=1S/C24H30F2N4O2S/c1-16(29-12-8-17(9-13-29)23(32)30-10-4-2-3-5-11-30)22(31)28-24-27-21(15-33-24)18-6-7-19(25)20(26)14-18/h6-7,14-17H,2-5,8-13H2,1H3,(H,27,28,31)/t16-/m0/s1. The summed E-state index contributed by atoms with van der Waals surface area (Å²) >= 11 is 1.24. The lowest BCUT2D eigenvalue weighted by Gasteiger charge is -2.36. The Morgan fingerprint density at radius 3 is 2.42 bits per heavy atom. The monoisotopic (exact) mass is 476 g/mol. The van der Waals surface area contributed by atoms with Gasteiger partial charge in [0.15, 0.2) is 16.8 Å². The normalized spacial score (nSPS) is 19.2. The number of thiazole rings is 1. The zero-order chi connectivity index (χ0) is 23.4. The van der Waals surface area contributed by atoms with Crippen molar-refractivity contribution in [2.45, 2.75) is 51.5 Å². The molecule has 0 spiro atoms. The van der Waals surface area contributed by atoms with E-state index in [-0.39, 0.29) is 23.8 Å². The predicted octanol–water partition coefficient (Wildman–Crippen LogP) is 4.53. The number of piperidine rings is 1. The van der Waals surface area contributed by atoms with E-state index in [1.165, 1.54) is 30.2 Å². The van der Waals surface area contributed by atoms with Crippen LogP contribution in [0.25, 0.3) is 11.3 Å². The SMILES string of the molecule is C[C@@H](C(=O)Nc1nc(-c2ccc(F)c(F)c2)cs1)N1CCC(C(=O)N2CCCCCC2)CC1. The number of nitrogens with zero attached hydrogens (tertiary/aromatic N) is 3. The molecule has 2 fully saturated rings. The van der Waals surface area contributed by atoms with Crippen LogP contribution in [0.4, 0.5) is 13.9 Å². The van der Waals surface area contributed by atoms with E-state index < -0.39 is 11.6 Å². The lowest BCUT2D eigenvalue weighted by molar-refractivity contribution is -0.137. The Labute approximate surface area is 197 Å². The fourth-order valence-electron chi connectivity index (χ4n) is 4.58. The maximum Gasteiger partial charge on any atom is 0.243 e. The third-order valence-corrected chi connectivity index (χ3v) is 7.43. The molecular weight excluding hydrogens is 446 g/mol. The van der Waals surface area contributed by atoms with Gasteiger partial charge in [0.25, 0.3) is 0 Å². The lowest BCUT2D eigenvalue weighted by atomic mass is 9.94. The first-order valence-corrected chi connectivity index (χ1v) is 12.5. The summed E-state index contributed by atoms with van der Waals surface area (Å²) in [4.78, 5) is 34.2. The molecule has 2 aliphatic rings. The molecule has 0 bridgehead atoms. The Balaban J connectivity index is 1.29. The summed E-state index contributed by atoms with van der Waals surface area (Å²) in [6, 6.07) is 3.26. The number of aromatic nitrogens is 1. The first-order valence-electron chi connectivity index (χ1n) is 11.7. The van der Waals surface area contributed by atoms with Gasteiger partial charge < -0.3 is 10.2 Å². The van der Waals surface area contributed by atoms with Gasteiger partial charge in [-0.1, -0.05) is 12.8 Å². The van der Waals surface area contributed by atoms with E-state index in [1.54, 1.807) is 5.38 Å². The molecule has 2 saturated heterocycles. The zero-order valence-electron chi connectivity index (χ0n) is 18.9. The zero-order valence-corrected chi connectivity index (χ0v) is 19.7. The highest BCUT2D eigenvalue weighted by atomic mass is 32.1. The van der Waals surface area contributed by atoms with Gasteiger partial charge >= 0.3 is 0 Å². The summed E-state index contributed by atoms with van der Waals surface area (Å²) in [5.41, 5.74) is 0.935. The number of carbonyl (C=O) groups excluding carboxylic acids is 2. The third kappa shape index (κ3) is 5.76. The van der Waals surface area contributed by atoms with Crippen LogP contribution in [0, 0.1) is 17.6 Å². The molecular formula is C24H30F2N4O2S. The maximum atomic E-state index is 13.5. The van der Waals surface area contributed by atoms with Gasteiger partial charge in [-0.25, -0.2) is 13.8 Å². The first-order chi connectivity index (χ1) is 15.9. The predicted molar refractivity (Wildman–Crippen MR) is 125 cm³/mol. The van der Waals surface area contributed by atoms with E-state index in [2.05, 4.69) is 15.2 Å². The van der Waals surface area contributed by atoms with E-state index >= 15 is 0 Å². The Morgan fingerprint density at radius 1 is 1.06 bits per heavy atom. The minimum atomic E-state index is -0.933. The van der Waals surface area contributed by atoms with Crippen molar-refractivity contribution in [2.75, 3.05) is 31.5 Å². The first kappa shape index (κ1) is 23.8. The van der Waals surface area contributed by atoms with Crippen molar-refractivity contribution in [3.05, 3.63) is 35.2 Å². The van der Waals surface area contributed by atoms with Crippen LogP contribution in [-0.2, 0) is 9.59 Å². The van der Waals surface area contributed by atoms with Gasteiger partial charge in [0.2, 0.25) is 11.8 Å². The highest BCUT2D eigenvalue weighted by Gasteiger charge is 2.32. The molecule has 0 aliphatic carbocycles. The van der Waals surface area contributed by atoms with Gasteiger partial charge in [0, 0.05) is 30.0 Å². The van der Waals surface area contributed by atoms with E-state index in [9.17, 15) is 18.4 Å². The molecule has 1 aromatic heterocycles. The number of hydrogen-bond donors (Lipinski definition) is 1. The van der Waals surface area contributed by atoms with Crippen molar-refractivity contribution in [3.63, 3.8) is 0 Å². The molecule has 0 radical (unpaired) electrons. The Bertz CT molecular complexity index is 983. The minimum absolute atomic E-state index is 0.0484. The summed E-state index contributed by atoms with van der Waals surface area (Å²) in [6.45, 7) is 5.01. The van der Waals surface area contributed by atoms with Crippen molar-refractivity contribution in [3.8, 4) is 11.3 Å². The van der Waals surface area contributed by atoms with E-state index in [4.69, 9.17) is 0 Å². The molecule has 3 heterocycles. The van der Waals surface area contributed by atoms with Gasteiger partial charge in [0.1, 0.15) is 0 Å². The molecule has 0 unspecified atom stereocenters. The minimum Gasteiger partial charge on any atom is -0.342 e. The summed E-state index contributed by atoms with van der Waals surface area (Å²) < 4.78 is 26.7. The number of likely N-dealkylation sites (tertiary alicyclic amines) is 2. The summed E-state index contributed by atoms with van der Waals surface area (Å²) in [6.07, 6.45) is 6.13. The summed E-state index contributed by atoms with van der Waals surface area (Å²) in [5.74, 6) is -1.68. The number of rotatable bonds is 5. The lowest BCUT2D eigenvalue weighted by Crippen LogP contribution is -2.48. The molecule has 4 rings (SSSR count). The average Bonchev–Trinajstić information content (AvgIpc) is 3.11. The van der Waals surface area contributed by atoms with Crippen molar-refractivity contribution in [2.24, 2.45) is 5.92 Å². The van der Waals surface area contributed by atoms with Crippen LogP contribution in [0.3, 0.4) is 0 Å². The van der Waals surface area contributed by atoms with Crippen LogP contribution >= 0.6 is 11.3 Å². The molecule has 178 valence electrons. The molecule has 6 nitrogen and oxygen atoms in total. The quantitative estimate of drug-likeness (QED) is 0.689. The largest absolute Gasteiger partial charge is 0.342 e. The van der Waals surface area contributed by atoms with Crippen LogP contribution in [0.5, 0.6) is 0 Å². The second-order valence-corrected chi connectivity index (χ2v) is 9.74. The Kier molecular flexibility index (Phi) is 7.70. The number of nitrogens with one attached hydrogen (secondary N) is 1. The van der Waals surface area contributed by atoms with Gasteiger partial charge in [-0.15, -0.1) is 11.3 Å². The molecule has 1 atom stereocenters. The second kappa shape index (κ2) is 10.7. The molecule has 2 amide bonds. The van der Waals surface area contributed by atoms with Crippen LogP contribution < -0.4 is 5.32 Å². The maximum absolute atomic E-state index is 13.5. The van der Waals surface area contributed by atoms with Crippen LogP contribution in [-0.4, -0.2) is 58.8 Å². The highest BCUT2D eigenvalue weighted by molar-refractivity contribution is 7.14. The van der Waals surface area contributed by atoms with Gasteiger partial charge in [-0.05, 0) is 63.9 Å². The van der Waals surface area contributed by atoms with E-state index in [0.717, 1.165) is 50.9 Å². The Hall–Kier alpha value is -2.39. The van der Waals surface area contributed by atoms with Gasteiger partial charge in [0.05, 0.1) is 11.7 Å². The summed E-state index contributed by atoms with van der Waals surface area (Å²) in [7, 11) is 0. The fraction of sp³-hybridized carbons (Fsp3) is 0.542. The number of amides is 2. The molecule has 9 heteroatoms. The van der Waals surface area contributed by atoms with Crippen LogP contribution in [0.15, 0.2) is 23.6 Å². The molecule has 2 aromatic rings. The smallest absolute Gasteiger partial charge is 0.243 e. The molecule has 0 saturated carbocycles. The topological polar surface area (TPSA) is 65.5 Å². The van der Waals surface area contributed by atoms with E-state index in [1.807, 2.05) is 11.8 Å². The van der Waals surface area contributed by atoms with Crippen molar-refractivity contribution in [1.82, 2.24) is 14.8 Å². The Morgan fingerprint density at radius 2 is 1.76 bits per heavy atom. The number of anilines is 1. The van der Waals surface area contributed by atoms with Crippen molar-refractivity contribution in [1.29, 1.82) is 0 Å². The highest BCUT2D eigenvalue weighted by Crippen LogP contribution is 2.27. The second-order valence-electron chi connectivity index (χ2n) is 8.88. The number of hydrogen-bond acceptors (Lipinski definition) is 5. The third-order valence-electron chi connectivity index (χ3n) is 6.67. The van der Waals surface area contributed by atoms with Crippen molar-refractivity contribution >= 4 is 28.3 Å². The van der Waals surface area contributed by atoms with E-state index in [0.29, 0.717) is 29.5 Å². The van der Waals surface area contributed by atoms with Crippen molar-refractivity contribution < 1.29 is 18.4 Å². The number of benzene rings is 1. The van der Waals surface area contributed by atoms with Gasteiger partial charge in [-0.3, -0.25) is 14.5 Å². The van der Waals surface area contributed by atoms with Crippen LogP contribution in [0.2, 0.25) is 0 Å². The van der Waals surface area contributed by atoms with Crippen LogP contribution in [0.1, 0.15) is 45.4 Å².